The Morgan fingerprint density at radius 1 is 0.500 bits per heavy atom. The first-order valence-electron chi connectivity index (χ1n) is 15.9. The number of hydrogen-bond donors (Lipinski definition) is 4. The molecular weight excluding hydrogens is 757 g/mol. The van der Waals surface area contributed by atoms with E-state index in [1.807, 2.05) is 72.8 Å². The molecule has 8 rings (SSSR count). The molecule has 0 amide bonds. The molecule has 0 bridgehead atoms. The number of carboxylic acid groups (broad SMARTS) is 4. The van der Waals surface area contributed by atoms with Gasteiger partial charge in [-0.1, -0.05) is 24.3 Å². The average Bonchev–Trinajstić information content (AvgIpc) is 3.16. The molecule has 2 aliphatic carbocycles. The maximum Gasteiger partial charge on any atom is 0.335 e. The van der Waals surface area contributed by atoms with Gasteiger partial charge in [-0.05, 0) is 97.1 Å². The van der Waals surface area contributed by atoms with Crippen molar-refractivity contribution in [3.63, 3.8) is 0 Å². The third-order valence-corrected chi connectivity index (χ3v) is 10.1. The number of aromatic nitrogens is 2. The lowest BCUT2D eigenvalue weighted by Crippen LogP contribution is -2.22. The highest BCUT2D eigenvalue weighted by Crippen LogP contribution is 2.30. The molecule has 0 aromatic heterocycles. The van der Waals surface area contributed by atoms with Crippen LogP contribution in [0.15, 0.2) is 131 Å². The zero-order valence-electron chi connectivity index (χ0n) is 29.5. The van der Waals surface area contributed by atoms with Crippen molar-refractivity contribution in [1.29, 1.82) is 0 Å². The molecule has 0 atom stereocenters. The minimum Gasteiger partial charge on any atom is -0.545 e. The Bertz CT molecular complexity index is 2630. The van der Waals surface area contributed by atoms with Gasteiger partial charge in [0.15, 0.2) is 0 Å². The normalized spacial score (nSPS) is 11.4. The molecule has 280 valence electrons. The number of para-hydroxylation sites is 2. The maximum absolute atomic E-state index is 11.2. The van der Waals surface area contributed by atoms with Crippen molar-refractivity contribution in [1.82, 2.24) is 22.3 Å². The van der Waals surface area contributed by atoms with E-state index >= 15 is 0 Å². The van der Waals surface area contributed by atoms with E-state index in [4.69, 9.17) is 10.2 Å². The summed E-state index contributed by atoms with van der Waals surface area (Å²) in [6.45, 7) is 0. The van der Waals surface area contributed by atoms with Gasteiger partial charge in [-0.25, -0.2) is 29.5 Å². The molecule has 0 radical (unpaired) electrons. The number of rotatable bonds is 6. The van der Waals surface area contributed by atoms with Crippen molar-refractivity contribution in [2.24, 2.45) is 9.98 Å². The molecule has 4 aromatic rings. The molecule has 0 fully saturated rings. The van der Waals surface area contributed by atoms with Crippen LogP contribution in [0.2, 0.25) is 0 Å². The summed E-state index contributed by atoms with van der Waals surface area (Å²) in [5.74, 6) is -5.37. The van der Waals surface area contributed by atoms with E-state index in [0.29, 0.717) is 10.7 Å². The van der Waals surface area contributed by atoms with E-state index in [1.54, 1.807) is 34.8 Å². The Kier molecular flexibility index (Phi) is 12.0. The number of fused-ring (bicyclic) bond motifs is 4. The Morgan fingerprint density at radius 2 is 0.875 bits per heavy atom. The van der Waals surface area contributed by atoms with Crippen molar-refractivity contribution in [3.8, 4) is 21.1 Å². The van der Waals surface area contributed by atoms with Crippen molar-refractivity contribution < 1.29 is 39.6 Å². The van der Waals surface area contributed by atoms with Crippen LogP contribution in [0.4, 0.5) is 11.4 Å². The molecule has 0 saturated carbocycles. The Hall–Kier alpha value is -7.24. The first-order valence-corrected chi connectivity index (χ1v) is 17.5. The van der Waals surface area contributed by atoms with Gasteiger partial charge in [-0.2, -0.15) is 0 Å². The summed E-state index contributed by atoms with van der Waals surface area (Å²) >= 11 is 3.14. The molecule has 16 heteroatoms. The highest BCUT2D eigenvalue weighted by molar-refractivity contribution is 7.21. The third kappa shape index (κ3) is 8.92. The minimum absolute atomic E-state index is 0. The standard InChI is InChI=1S/2C20H12N2O4S.2H3N/c2*23-19(24)11-7-12(20(25)26)9-14(8-11)21-13-5-6-16-18(10-13)27-17-4-2-1-3-15(17)22-16;;/h2*1-10H,(H,23,24)(H,25,26);2*1H3. The predicted molar refractivity (Wildman–Crippen MR) is 210 cm³/mol. The van der Waals surface area contributed by atoms with E-state index in [0.717, 1.165) is 53.7 Å². The summed E-state index contributed by atoms with van der Waals surface area (Å²) < 4.78 is 2.07. The molecule has 14 nitrogen and oxygen atoms in total. The van der Waals surface area contributed by atoms with E-state index in [2.05, 4.69) is 20.0 Å². The van der Waals surface area contributed by atoms with Crippen LogP contribution in [0.1, 0.15) is 41.4 Å². The van der Waals surface area contributed by atoms with Crippen LogP contribution < -0.4 is 33.2 Å². The highest BCUT2D eigenvalue weighted by atomic mass is 32.1. The molecule has 0 saturated heterocycles. The first-order chi connectivity index (χ1) is 26.0. The van der Waals surface area contributed by atoms with Gasteiger partial charge in [-0.15, -0.1) is 22.7 Å². The average molecular weight is 787 g/mol. The Labute approximate surface area is 324 Å². The summed E-state index contributed by atoms with van der Waals surface area (Å²) in [6.07, 6.45) is 0. The number of carbonyl (C=O) groups excluding carboxylic acids is 2. The van der Waals surface area contributed by atoms with Crippen molar-refractivity contribution in [2.75, 3.05) is 0 Å². The molecule has 10 N–H and O–H groups in total. The lowest BCUT2D eigenvalue weighted by atomic mass is 10.1. The van der Waals surface area contributed by atoms with Crippen molar-refractivity contribution in [2.45, 2.75) is 0 Å². The van der Waals surface area contributed by atoms with E-state index in [1.165, 1.54) is 24.3 Å². The largest absolute Gasteiger partial charge is 0.545 e. The second kappa shape index (κ2) is 16.8. The molecule has 2 heterocycles. The van der Waals surface area contributed by atoms with Crippen LogP contribution in [-0.2, 0) is 0 Å². The molecular formula is C40H30N6O8S2. The maximum atomic E-state index is 11.2. The highest BCUT2D eigenvalue weighted by Gasteiger charge is 2.11. The van der Waals surface area contributed by atoms with Gasteiger partial charge in [0.05, 0.1) is 86.7 Å². The van der Waals surface area contributed by atoms with Crippen LogP contribution in [0, 0.1) is 0 Å². The molecule has 0 unspecified atom stereocenters. The first kappa shape index (κ1) is 40.0. The van der Waals surface area contributed by atoms with E-state index in [-0.39, 0.29) is 45.9 Å². The Balaban J connectivity index is 0.000000207. The number of aromatic carboxylic acids is 4. The summed E-state index contributed by atoms with van der Waals surface area (Å²) in [4.78, 5) is 64.5. The summed E-state index contributed by atoms with van der Waals surface area (Å²) in [5.41, 5.74) is 3.15. The third-order valence-electron chi connectivity index (χ3n) is 7.86. The number of carbonyl (C=O) groups is 4. The summed E-state index contributed by atoms with van der Waals surface area (Å²) in [5, 5.41) is 41.7. The SMILES string of the molecule is O=C([O-])c1cc(N=c2ccc3nc4ccccc4sc-3c2)cc(C(=O)O)c1.O=C([O-])c1cc(N=c2ccc3nc4ccccc4sc-3c2)cc(C(=O)O)c1.[NH4+].[NH4+]. The van der Waals surface area contributed by atoms with Gasteiger partial charge in [0.1, 0.15) is 0 Å². The van der Waals surface area contributed by atoms with Crippen LogP contribution in [0.5, 0.6) is 0 Å². The molecule has 0 spiro atoms. The van der Waals surface area contributed by atoms with Crippen molar-refractivity contribution >= 4 is 78.4 Å². The second-order valence-corrected chi connectivity index (χ2v) is 13.8. The van der Waals surface area contributed by atoms with Crippen LogP contribution >= 0.6 is 22.7 Å². The predicted octanol–water partition coefficient (Wildman–Crippen LogP) is 6.14. The topological polar surface area (TPSA) is 278 Å². The number of carboxylic acids is 4. The van der Waals surface area contributed by atoms with Gasteiger partial charge in [0, 0.05) is 11.1 Å². The summed E-state index contributed by atoms with van der Waals surface area (Å²) in [7, 11) is 0. The fourth-order valence-electron chi connectivity index (χ4n) is 5.39. The number of quaternary nitrogens is 2. The number of nitrogens with zero attached hydrogens (tertiary/aromatic N) is 4. The fourth-order valence-corrected chi connectivity index (χ4v) is 7.39. The zero-order chi connectivity index (χ0) is 37.9. The van der Waals surface area contributed by atoms with Crippen LogP contribution in [0.25, 0.3) is 41.6 Å². The quantitative estimate of drug-likeness (QED) is 0.140. The molecule has 56 heavy (non-hydrogen) atoms. The van der Waals surface area contributed by atoms with Gasteiger partial charge >= 0.3 is 11.9 Å². The van der Waals surface area contributed by atoms with Crippen LogP contribution in [0.3, 0.4) is 0 Å². The fraction of sp³-hybridized carbons (Fsp3) is 0. The summed E-state index contributed by atoms with van der Waals surface area (Å²) in [6, 6.07) is 33.8. The Morgan fingerprint density at radius 3 is 1.25 bits per heavy atom. The molecule has 4 aliphatic rings. The van der Waals surface area contributed by atoms with Gasteiger partial charge in [0.2, 0.25) is 0 Å². The number of hydrogen-bond acceptors (Lipinski definition) is 12. The smallest absolute Gasteiger partial charge is 0.335 e. The monoisotopic (exact) mass is 786 g/mol. The zero-order valence-corrected chi connectivity index (χ0v) is 31.1. The van der Waals surface area contributed by atoms with Gasteiger partial charge in [-0.3, -0.25) is 0 Å². The minimum atomic E-state index is -1.45. The van der Waals surface area contributed by atoms with E-state index in [9.17, 15) is 29.4 Å². The second-order valence-electron chi connectivity index (χ2n) is 11.6. The van der Waals surface area contributed by atoms with Gasteiger partial charge < -0.3 is 42.3 Å². The molecule has 2 aliphatic heterocycles. The molecule has 4 aromatic carbocycles. The van der Waals surface area contributed by atoms with E-state index < -0.39 is 23.9 Å². The lowest BCUT2D eigenvalue weighted by Gasteiger charge is -2.07. The lowest BCUT2D eigenvalue weighted by molar-refractivity contribution is -0.256. The van der Waals surface area contributed by atoms with Crippen molar-refractivity contribution in [3.05, 3.63) is 154 Å². The number of benzene rings is 6. The van der Waals surface area contributed by atoms with Crippen LogP contribution in [-0.4, -0.2) is 44.1 Å². The van der Waals surface area contributed by atoms with Gasteiger partial charge in [0.25, 0.3) is 0 Å².